The van der Waals surface area contributed by atoms with E-state index in [1.54, 1.807) is 37.3 Å². The summed E-state index contributed by atoms with van der Waals surface area (Å²) in [4.78, 5) is 39.2. The van der Waals surface area contributed by atoms with E-state index in [0.717, 1.165) is 0 Å². The first-order valence-electron chi connectivity index (χ1n) is 10.5. The van der Waals surface area contributed by atoms with E-state index in [9.17, 15) is 18.6 Å². The predicted molar refractivity (Wildman–Crippen MR) is 141 cm³/mol. The van der Waals surface area contributed by atoms with E-state index in [4.69, 9.17) is 15.9 Å². The molecule has 1 aliphatic rings. The van der Waals surface area contributed by atoms with E-state index in [1.165, 1.54) is 10.8 Å². The van der Waals surface area contributed by atoms with Crippen LogP contribution < -0.4 is 11.2 Å². The van der Waals surface area contributed by atoms with Crippen molar-refractivity contribution in [2.24, 2.45) is 0 Å². The number of aryl methyl sites for hydroxylation is 1. The maximum absolute atomic E-state index is 13.8. The Morgan fingerprint density at radius 1 is 1.41 bits per heavy atom. The van der Waals surface area contributed by atoms with Crippen molar-refractivity contribution in [1.82, 2.24) is 9.55 Å². The first-order valence-corrected chi connectivity index (χ1v) is 14.7. The van der Waals surface area contributed by atoms with Crippen LogP contribution in [0.1, 0.15) is 42.4 Å². The molecule has 1 N–H and O–H groups in total. The minimum Gasteiger partial charge on any atom is -0.458 e. The SMILES string of the molecule is C#C[C@]1(COC(=O)c2ccccc2)O[C@@H](n2cc(C)c(=O)[nH]c2=O)C[C@H]1S(=O)C(C)(C)CI=C. The number of nitrogens with one attached hydrogen (secondary N) is 1. The minimum atomic E-state index is -1.53. The summed E-state index contributed by atoms with van der Waals surface area (Å²) in [5, 5.41) is -0.726. The zero-order chi connectivity index (χ0) is 25.1. The largest absolute Gasteiger partial charge is 0.458 e. The van der Waals surface area contributed by atoms with Crippen LogP contribution >= 0.6 is 20.7 Å². The lowest BCUT2D eigenvalue weighted by Crippen LogP contribution is -2.50. The molecule has 8 nitrogen and oxygen atoms in total. The first-order chi connectivity index (χ1) is 16.0. The summed E-state index contributed by atoms with van der Waals surface area (Å²) in [6, 6.07) is 8.43. The lowest BCUT2D eigenvalue weighted by molar-refractivity contribution is -0.0697. The molecule has 10 heteroatoms. The van der Waals surface area contributed by atoms with Crippen molar-refractivity contribution in [3.05, 3.63) is 68.5 Å². The zero-order valence-electron chi connectivity index (χ0n) is 19.2. The molecule has 0 bridgehead atoms. The number of ether oxygens (including phenoxy) is 2. The van der Waals surface area contributed by atoms with Crippen LogP contribution in [-0.4, -0.2) is 50.9 Å². The van der Waals surface area contributed by atoms with Crippen LogP contribution in [0.5, 0.6) is 0 Å². The Morgan fingerprint density at radius 3 is 2.71 bits per heavy atom. The number of aromatic amines is 1. The number of esters is 1. The number of terminal acetylenes is 1. The number of aromatic nitrogens is 2. The number of halogens is 1. The second-order valence-corrected chi connectivity index (χ2v) is 12.7. The van der Waals surface area contributed by atoms with Gasteiger partial charge in [-0.3, -0.25) is 18.6 Å². The van der Waals surface area contributed by atoms with Crippen molar-refractivity contribution in [3.8, 4) is 12.3 Å². The number of carbonyl (C=O) groups is 1. The highest BCUT2D eigenvalue weighted by atomic mass is 127. The standard InChI is InChI=1S/C24H27IN2O6S/c1-6-24(15-32-21(29)17-10-8-7-9-11-17)18(34(31)23(3,4)14-25-5)12-19(33-24)27-13-16(2)20(28)26-22(27)30/h1,7-11,13,18-19H,5,12,14-15H2,2-4H3,(H,26,28,30)/t18-,19-,24-,34?/m1/s1. The van der Waals surface area contributed by atoms with Crippen molar-refractivity contribution >= 4 is 42.0 Å². The fraction of sp³-hybridized carbons (Fsp3) is 0.417. The molecule has 2 aromatic rings. The maximum atomic E-state index is 13.8. The molecule has 1 saturated heterocycles. The van der Waals surface area contributed by atoms with Crippen molar-refractivity contribution in [2.75, 3.05) is 11.0 Å². The highest BCUT2D eigenvalue weighted by molar-refractivity contribution is 14.2. The van der Waals surface area contributed by atoms with Crippen LogP contribution in [-0.2, 0) is 20.3 Å². The zero-order valence-corrected chi connectivity index (χ0v) is 22.2. The Morgan fingerprint density at radius 2 is 2.09 bits per heavy atom. The minimum absolute atomic E-state index is 0.143. The van der Waals surface area contributed by atoms with E-state index >= 15 is 0 Å². The topological polar surface area (TPSA) is 107 Å². The highest BCUT2D eigenvalue weighted by Crippen LogP contribution is 2.42. The third-order valence-electron chi connectivity index (χ3n) is 5.63. The molecular formula is C24H27IN2O6S. The summed E-state index contributed by atoms with van der Waals surface area (Å²) < 4.78 is 30.8. The molecule has 1 aromatic heterocycles. The number of nitrogens with zero attached hydrogens (tertiary/aromatic N) is 1. The van der Waals surface area contributed by atoms with Crippen molar-refractivity contribution in [2.45, 2.75) is 49.0 Å². The Hall–Kier alpha value is -2.36. The molecule has 0 spiro atoms. The van der Waals surface area contributed by atoms with E-state index in [-0.39, 0.29) is 13.0 Å². The van der Waals surface area contributed by atoms with Crippen molar-refractivity contribution < 1.29 is 18.5 Å². The molecule has 4 atom stereocenters. The summed E-state index contributed by atoms with van der Waals surface area (Å²) in [6.07, 6.45) is 6.56. The number of rotatable bonds is 8. The lowest BCUT2D eigenvalue weighted by Gasteiger charge is -2.33. The van der Waals surface area contributed by atoms with Gasteiger partial charge in [-0.05, 0) is 32.9 Å². The highest BCUT2D eigenvalue weighted by Gasteiger charge is 2.55. The summed E-state index contributed by atoms with van der Waals surface area (Å²) in [5.74, 6) is 2.00. The van der Waals surface area contributed by atoms with Gasteiger partial charge < -0.3 is 9.47 Å². The average molecular weight is 598 g/mol. The molecular weight excluding hydrogens is 571 g/mol. The van der Waals surface area contributed by atoms with Gasteiger partial charge in [-0.25, -0.2) is 9.59 Å². The van der Waals surface area contributed by atoms with E-state index in [2.05, 4.69) is 15.4 Å². The van der Waals surface area contributed by atoms with Crippen molar-refractivity contribution in [3.63, 3.8) is 0 Å². The Kier molecular flexibility index (Phi) is 8.10. The number of H-pyrrole nitrogens is 1. The van der Waals surface area contributed by atoms with E-state index in [0.29, 0.717) is 15.6 Å². The second-order valence-electron chi connectivity index (χ2n) is 8.63. The molecule has 2 heterocycles. The number of benzene rings is 1. The molecule has 1 aromatic carbocycles. The predicted octanol–water partition coefficient (Wildman–Crippen LogP) is 2.29. The molecule has 0 aliphatic carbocycles. The fourth-order valence-electron chi connectivity index (χ4n) is 3.76. The number of hydrogen-bond acceptors (Lipinski definition) is 6. The van der Waals surface area contributed by atoms with Gasteiger partial charge in [-0.15, -0.1) is 27.2 Å². The van der Waals surface area contributed by atoms with E-state index < -0.39 is 70.6 Å². The van der Waals surface area contributed by atoms with Gasteiger partial charge >= 0.3 is 11.7 Å². The molecule has 3 rings (SSSR count). The van der Waals surface area contributed by atoms with Gasteiger partial charge in [0.25, 0.3) is 5.56 Å². The van der Waals surface area contributed by atoms with Gasteiger partial charge in [0.05, 0.1) is 10.8 Å². The molecule has 34 heavy (non-hydrogen) atoms. The first kappa shape index (κ1) is 26.2. The molecule has 182 valence electrons. The monoisotopic (exact) mass is 598 g/mol. The van der Waals surface area contributed by atoms with Crippen LogP contribution in [0.25, 0.3) is 0 Å². The van der Waals surface area contributed by atoms with Crippen molar-refractivity contribution in [1.29, 1.82) is 0 Å². The Labute approximate surface area is 210 Å². The molecule has 1 unspecified atom stereocenters. The third-order valence-corrected chi connectivity index (χ3v) is 10.9. The normalized spacial score (nSPS) is 23.2. The third kappa shape index (κ3) is 5.31. The number of alkyl halides is 1. The quantitative estimate of drug-likeness (QED) is 0.216. The van der Waals surface area contributed by atoms with Gasteiger partial charge in [0, 0.05) is 38.2 Å². The fourth-order valence-corrected chi connectivity index (χ4v) is 8.26. The average Bonchev–Trinajstić information content (AvgIpc) is 3.19. The van der Waals surface area contributed by atoms with Gasteiger partial charge in [0.1, 0.15) is 12.8 Å². The lowest BCUT2D eigenvalue weighted by atomic mass is 10.0. The summed E-state index contributed by atoms with van der Waals surface area (Å²) in [5.41, 5.74) is -2.03. The molecule has 1 aliphatic heterocycles. The van der Waals surface area contributed by atoms with Crippen LogP contribution in [0, 0.1) is 19.3 Å². The number of carbonyl (C=O) groups excluding carboxylic acids is 1. The molecule has 0 radical (unpaired) electrons. The Balaban J connectivity index is 1.99. The second kappa shape index (κ2) is 10.5. The number of hydrogen-bond donors (Lipinski definition) is 1. The summed E-state index contributed by atoms with van der Waals surface area (Å²) in [7, 11) is -1.50. The van der Waals surface area contributed by atoms with Gasteiger partial charge in [0.2, 0.25) is 0 Å². The van der Waals surface area contributed by atoms with Crippen LogP contribution in [0.2, 0.25) is 0 Å². The Bertz CT molecular complexity index is 1260. The maximum Gasteiger partial charge on any atom is 0.338 e. The smallest absolute Gasteiger partial charge is 0.338 e. The van der Waals surface area contributed by atoms with Crippen LogP contribution in [0.4, 0.5) is 0 Å². The molecule has 1 fully saturated rings. The van der Waals surface area contributed by atoms with Gasteiger partial charge in [-0.1, -0.05) is 28.6 Å². The summed E-state index contributed by atoms with van der Waals surface area (Å²) >= 11 is -0.402. The van der Waals surface area contributed by atoms with Gasteiger partial charge in [0.15, 0.2) is 5.60 Å². The van der Waals surface area contributed by atoms with E-state index in [1.807, 2.05) is 13.8 Å². The molecule has 0 amide bonds. The summed E-state index contributed by atoms with van der Waals surface area (Å²) in [6.45, 7) is 5.00. The van der Waals surface area contributed by atoms with Crippen LogP contribution in [0.15, 0.2) is 46.1 Å². The van der Waals surface area contributed by atoms with Crippen LogP contribution in [0.3, 0.4) is 0 Å². The van der Waals surface area contributed by atoms with Gasteiger partial charge in [-0.2, -0.15) is 0 Å². The molecule has 0 saturated carbocycles.